The van der Waals surface area contributed by atoms with E-state index in [9.17, 15) is 4.79 Å². The molecule has 0 unspecified atom stereocenters. The van der Waals surface area contributed by atoms with Gasteiger partial charge in [0.1, 0.15) is 5.75 Å². The summed E-state index contributed by atoms with van der Waals surface area (Å²) >= 11 is 1.93. The van der Waals surface area contributed by atoms with Gasteiger partial charge in [-0.15, -0.1) is 0 Å². The van der Waals surface area contributed by atoms with E-state index >= 15 is 0 Å². The Bertz CT molecular complexity index is 1080. The highest BCUT2D eigenvalue weighted by molar-refractivity contribution is 7.98. The summed E-state index contributed by atoms with van der Waals surface area (Å²) in [5.41, 5.74) is 3.63. The molecule has 1 amide bonds. The molecule has 0 radical (unpaired) electrons. The third-order valence-electron chi connectivity index (χ3n) is 6.42. The lowest BCUT2D eigenvalue weighted by atomic mass is 9.96. The van der Waals surface area contributed by atoms with Crippen LogP contribution in [0.3, 0.4) is 0 Å². The van der Waals surface area contributed by atoms with Crippen LogP contribution in [0.25, 0.3) is 11.4 Å². The highest BCUT2D eigenvalue weighted by atomic mass is 32.2. The predicted molar refractivity (Wildman–Crippen MR) is 139 cm³/mol. The van der Waals surface area contributed by atoms with Crippen LogP contribution in [0.5, 0.6) is 5.75 Å². The first kappa shape index (κ1) is 25.3. The van der Waals surface area contributed by atoms with Crippen LogP contribution in [0, 0.1) is 12.8 Å². The van der Waals surface area contributed by atoms with Crippen LogP contribution in [-0.2, 0) is 17.1 Å². The summed E-state index contributed by atoms with van der Waals surface area (Å²) in [5, 5.41) is 7.24. The first-order chi connectivity index (χ1) is 17.1. The van der Waals surface area contributed by atoms with Gasteiger partial charge in [-0.3, -0.25) is 9.69 Å². The van der Waals surface area contributed by atoms with Crippen LogP contribution < -0.4 is 10.1 Å². The third kappa shape index (κ3) is 7.32. The molecular formula is C27H34N4O3S. The van der Waals surface area contributed by atoms with E-state index in [-0.39, 0.29) is 11.8 Å². The molecule has 0 bridgehead atoms. The van der Waals surface area contributed by atoms with Gasteiger partial charge in [0.2, 0.25) is 17.6 Å². The lowest BCUT2D eigenvalue weighted by Gasteiger charge is -2.30. The second-order valence-electron chi connectivity index (χ2n) is 8.91. The van der Waals surface area contributed by atoms with Crippen LogP contribution in [0.2, 0.25) is 0 Å². The quantitative estimate of drug-likeness (QED) is 0.387. The molecule has 1 N–H and O–H groups in total. The van der Waals surface area contributed by atoms with Crippen LogP contribution in [0.15, 0.2) is 53.1 Å². The minimum atomic E-state index is 0.0865. The van der Waals surface area contributed by atoms with Gasteiger partial charge in [0.25, 0.3) is 0 Å². The Balaban J connectivity index is 1.12. The summed E-state index contributed by atoms with van der Waals surface area (Å²) in [6, 6.07) is 16.1. The number of aryl methyl sites for hydroxylation is 1. The maximum absolute atomic E-state index is 12.6. The number of carbonyl (C=O) groups excluding carboxylic acids is 1. The standard InChI is InChI=1S/C27H34N4O3S/c1-20-6-3-4-7-23(20)19-35-17-5-14-28-27(32)22-12-15-31(16-13-22)18-25-29-26(30-34-25)21-8-10-24(33-2)11-9-21/h3-4,6-11,22H,5,12-19H2,1-2H3,(H,28,32). The number of thioether (sulfide) groups is 1. The minimum Gasteiger partial charge on any atom is -0.497 e. The second-order valence-corrected chi connectivity index (χ2v) is 10.0. The molecular weight excluding hydrogens is 460 g/mol. The Labute approximate surface area is 211 Å². The van der Waals surface area contributed by atoms with Crippen LogP contribution in [0.1, 0.15) is 36.3 Å². The zero-order valence-corrected chi connectivity index (χ0v) is 21.4. The average Bonchev–Trinajstić information content (AvgIpc) is 3.36. The normalized spacial score (nSPS) is 14.7. The molecule has 1 fully saturated rings. The van der Waals surface area contributed by atoms with Gasteiger partial charge in [0.15, 0.2) is 0 Å². The summed E-state index contributed by atoms with van der Waals surface area (Å²) < 4.78 is 10.6. The number of nitrogens with one attached hydrogen (secondary N) is 1. The van der Waals surface area contributed by atoms with Crippen molar-refractivity contribution in [1.29, 1.82) is 0 Å². The molecule has 2 heterocycles. The Morgan fingerprint density at radius 3 is 2.69 bits per heavy atom. The summed E-state index contributed by atoms with van der Waals surface area (Å²) in [6.45, 7) is 5.21. The van der Waals surface area contributed by atoms with Crippen molar-refractivity contribution >= 4 is 17.7 Å². The van der Waals surface area contributed by atoms with E-state index < -0.39 is 0 Å². The van der Waals surface area contributed by atoms with Gasteiger partial charge in [0, 0.05) is 23.8 Å². The highest BCUT2D eigenvalue weighted by Crippen LogP contribution is 2.22. The number of rotatable bonds is 11. The van der Waals surface area contributed by atoms with E-state index in [0.717, 1.165) is 61.7 Å². The molecule has 2 aromatic carbocycles. The third-order valence-corrected chi connectivity index (χ3v) is 7.51. The minimum absolute atomic E-state index is 0.0865. The molecule has 0 atom stereocenters. The number of benzene rings is 2. The van der Waals surface area contributed by atoms with Crippen molar-refractivity contribution in [2.45, 2.75) is 38.5 Å². The predicted octanol–water partition coefficient (Wildman–Crippen LogP) is 4.71. The van der Waals surface area contributed by atoms with Crippen molar-refractivity contribution in [1.82, 2.24) is 20.4 Å². The molecule has 0 aliphatic carbocycles. The molecule has 35 heavy (non-hydrogen) atoms. The summed E-state index contributed by atoms with van der Waals surface area (Å²) in [6.07, 6.45) is 2.70. The molecule has 1 aliphatic heterocycles. The zero-order chi connectivity index (χ0) is 24.5. The Kier molecular flexibility index (Phi) is 9.20. The van der Waals surface area contributed by atoms with Gasteiger partial charge < -0.3 is 14.6 Å². The number of ether oxygens (including phenoxy) is 1. The fourth-order valence-corrected chi connectivity index (χ4v) is 5.24. The summed E-state index contributed by atoms with van der Waals surface area (Å²) in [5.74, 6) is 4.32. The SMILES string of the molecule is COc1ccc(-c2noc(CN3CCC(C(=O)NCCCSCc4ccccc4C)CC3)n2)cc1. The molecule has 0 saturated carbocycles. The van der Waals surface area contributed by atoms with Crippen molar-refractivity contribution in [3.8, 4) is 17.1 Å². The zero-order valence-electron chi connectivity index (χ0n) is 20.5. The van der Waals surface area contributed by atoms with E-state index in [0.29, 0.717) is 18.3 Å². The molecule has 1 saturated heterocycles. The molecule has 1 aromatic heterocycles. The number of carbonyl (C=O) groups is 1. The van der Waals surface area contributed by atoms with Crippen molar-refractivity contribution in [2.75, 3.05) is 32.5 Å². The van der Waals surface area contributed by atoms with Crippen molar-refractivity contribution in [3.05, 3.63) is 65.5 Å². The average molecular weight is 495 g/mol. The maximum atomic E-state index is 12.6. The summed E-state index contributed by atoms with van der Waals surface area (Å²) in [7, 11) is 1.64. The number of piperidine rings is 1. The largest absolute Gasteiger partial charge is 0.497 e. The highest BCUT2D eigenvalue weighted by Gasteiger charge is 2.25. The maximum Gasteiger partial charge on any atom is 0.241 e. The first-order valence-corrected chi connectivity index (χ1v) is 13.4. The van der Waals surface area contributed by atoms with E-state index in [4.69, 9.17) is 9.26 Å². The van der Waals surface area contributed by atoms with Gasteiger partial charge in [-0.1, -0.05) is 29.4 Å². The number of hydrogen-bond acceptors (Lipinski definition) is 7. The number of aromatic nitrogens is 2. The smallest absolute Gasteiger partial charge is 0.241 e. The van der Waals surface area contributed by atoms with Gasteiger partial charge >= 0.3 is 0 Å². The van der Waals surface area contributed by atoms with Gasteiger partial charge in [-0.2, -0.15) is 16.7 Å². The van der Waals surface area contributed by atoms with Crippen molar-refractivity contribution in [2.24, 2.45) is 5.92 Å². The fourth-order valence-electron chi connectivity index (χ4n) is 4.21. The van der Waals surface area contributed by atoms with Crippen molar-refractivity contribution < 1.29 is 14.1 Å². The number of nitrogens with zero attached hydrogens (tertiary/aromatic N) is 3. The van der Waals surface area contributed by atoms with Gasteiger partial charge in [-0.05, 0) is 80.4 Å². The van der Waals surface area contributed by atoms with Crippen LogP contribution in [0.4, 0.5) is 0 Å². The first-order valence-electron chi connectivity index (χ1n) is 12.2. The van der Waals surface area contributed by atoms with E-state index in [2.05, 4.69) is 51.5 Å². The number of likely N-dealkylation sites (tertiary alicyclic amines) is 1. The van der Waals surface area contributed by atoms with Gasteiger partial charge in [-0.25, -0.2) is 0 Å². The Morgan fingerprint density at radius 1 is 1.17 bits per heavy atom. The molecule has 8 heteroatoms. The van der Waals surface area contributed by atoms with Crippen molar-refractivity contribution in [3.63, 3.8) is 0 Å². The Hall–Kier alpha value is -2.84. The molecule has 7 nitrogen and oxygen atoms in total. The summed E-state index contributed by atoms with van der Waals surface area (Å²) in [4.78, 5) is 19.4. The Morgan fingerprint density at radius 2 is 1.94 bits per heavy atom. The number of amides is 1. The molecule has 4 rings (SSSR count). The van der Waals surface area contributed by atoms with Gasteiger partial charge in [0.05, 0.1) is 13.7 Å². The topological polar surface area (TPSA) is 80.5 Å². The van der Waals surface area contributed by atoms with E-state index in [1.54, 1.807) is 7.11 Å². The monoisotopic (exact) mass is 494 g/mol. The van der Waals surface area contributed by atoms with E-state index in [1.807, 2.05) is 36.0 Å². The van der Waals surface area contributed by atoms with E-state index in [1.165, 1.54) is 11.1 Å². The lowest BCUT2D eigenvalue weighted by molar-refractivity contribution is -0.126. The number of methoxy groups -OCH3 is 1. The molecule has 186 valence electrons. The lowest BCUT2D eigenvalue weighted by Crippen LogP contribution is -2.40. The van der Waals surface area contributed by atoms with Crippen LogP contribution in [-0.4, -0.2) is 53.4 Å². The fraction of sp³-hybridized carbons (Fsp3) is 0.444. The number of hydrogen-bond donors (Lipinski definition) is 1. The molecule has 1 aliphatic rings. The second kappa shape index (κ2) is 12.7. The van der Waals surface area contributed by atoms with Crippen LogP contribution >= 0.6 is 11.8 Å². The molecule has 0 spiro atoms. The molecule has 3 aromatic rings.